The van der Waals surface area contributed by atoms with Crippen LogP contribution < -0.4 is 5.73 Å². The number of aryl methyl sites for hydroxylation is 2. The fraction of sp³-hybridized carbons (Fsp3) is 0.198. The smallest absolute Gasteiger partial charge is 0.340 e. The van der Waals surface area contributed by atoms with Crippen LogP contribution in [0.4, 0.5) is 5.69 Å². The summed E-state index contributed by atoms with van der Waals surface area (Å²) in [4.78, 5) is 132. The highest BCUT2D eigenvalue weighted by atomic mass is 32.2. The predicted molar refractivity (Wildman–Crippen MR) is 468 cm³/mol. The number of aliphatic carboxylic acids is 2. The minimum absolute atomic E-state index is 0.101. The van der Waals surface area contributed by atoms with E-state index in [1.165, 1.54) is 98.9 Å². The Morgan fingerprint density at radius 3 is 1.31 bits per heavy atom. The Balaban J connectivity index is 0.000000465. The van der Waals surface area contributed by atoms with Crippen LogP contribution in [0.2, 0.25) is 0 Å². The van der Waals surface area contributed by atoms with Crippen LogP contribution in [0.25, 0.3) is 10.9 Å². The van der Waals surface area contributed by atoms with E-state index in [0.29, 0.717) is 60.4 Å². The summed E-state index contributed by atoms with van der Waals surface area (Å²) in [5.74, 6) is -3.33. The first-order valence-electron chi connectivity index (χ1n) is 37.8. The number of unbranched alkanes of at least 4 members (excludes halogenated alkanes) is 4. The molecule has 124 heavy (non-hydrogen) atoms. The van der Waals surface area contributed by atoms with E-state index in [-0.39, 0.29) is 41.8 Å². The largest absolute Gasteiger partial charge is 0.481 e. The molecule has 0 unspecified atom stereocenters. The van der Waals surface area contributed by atoms with Gasteiger partial charge in [-0.1, -0.05) is 82.0 Å². The topological polar surface area (TPSA) is 460 Å². The first kappa shape index (κ1) is 105. The summed E-state index contributed by atoms with van der Waals surface area (Å²) in [7, 11) is 1.39. The molecule has 1 aromatic carbocycles. The second-order valence-corrected chi connectivity index (χ2v) is 25.7. The van der Waals surface area contributed by atoms with E-state index >= 15 is 0 Å². The maximum atomic E-state index is 11.6. The van der Waals surface area contributed by atoms with Crippen molar-refractivity contribution in [1.29, 1.82) is 5.26 Å². The molecule has 0 aliphatic carbocycles. The lowest BCUT2D eigenvalue weighted by molar-refractivity contribution is -0.140. The molecule has 644 valence electrons. The number of aromatic nitrogens is 11. The van der Waals surface area contributed by atoms with Crippen LogP contribution in [-0.2, 0) is 63.5 Å². The lowest BCUT2D eigenvalue weighted by Crippen LogP contribution is -2.10. The van der Waals surface area contributed by atoms with Crippen molar-refractivity contribution in [2.24, 2.45) is 5.73 Å². The summed E-state index contributed by atoms with van der Waals surface area (Å²) in [5, 5.41) is 41.2. The number of carbonyl (C=O) groups is 8. The number of hydrogen-bond donors (Lipinski definition) is 5. The number of methoxy groups -OCH3 is 1. The molecule has 0 saturated heterocycles. The molecule has 12 aromatic rings. The number of primary amides is 1. The van der Waals surface area contributed by atoms with Crippen molar-refractivity contribution < 1.29 is 82.2 Å². The Bertz CT molecular complexity index is 4870. The number of aromatic carboxylic acids is 1. The zero-order chi connectivity index (χ0) is 90.4. The predicted octanol–water partition coefficient (Wildman–Crippen LogP) is 16.4. The molecule has 0 aliphatic rings. The molecule has 11 heterocycles. The quantitative estimate of drug-likeness (QED) is 0.00350. The van der Waals surface area contributed by atoms with Crippen molar-refractivity contribution in [2.75, 3.05) is 31.8 Å². The van der Waals surface area contributed by atoms with Crippen LogP contribution in [0, 0.1) is 17.9 Å². The normalized spacial score (nSPS) is 9.40. The summed E-state index contributed by atoms with van der Waals surface area (Å²) in [6, 6.07) is 49.7. The van der Waals surface area contributed by atoms with Crippen molar-refractivity contribution in [2.45, 2.75) is 89.6 Å². The second-order valence-electron chi connectivity index (χ2n) is 23.9. The maximum absolute atomic E-state index is 11.6. The Hall–Kier alpha value is -15.0. The number of carboxylic acid groups (broad SMARTS) is 3. The number of rotatable bonds is 28. The van der Waals surface area contributed by atoms with Crippen molar-refractivity contribution in [3.63, 3.8) is 0 Å². The molecule has 33 heteroatoms. The number of nitrogens with two attached hydrogens (primary N) is 1. The van der Waals surface area contributed by atoms with Gasteiger partial charge in [0.15, 0.2) is 5.69 Å². The fourth-order valence-electron chi connectivity index (χ4n) is 8.31. The summed E-state index contributed by atoms with van der Waals surface area (Å²) in [6.45, 7) is 12.0. The van der Waals surface area contributed by atoms with Crippen LogP contribution >= 0.6 is 23.8 Å². The third-order valence-corrected chi connectivity index (χ3v) is 16.0. The Kier molecular flexibility index (Phi) is 61.0. The van der Waals surface area contributed by atoms with Crippen LogP contribution in [0.15, 0.2) is 311 Å². The molecule has 0 atom stereocenters. The highest BCUT2D eigenvalue weighted by molar-refractivity contribution is 8.00. The zero-order valence-corrected chi connectivity index (χ0v) is 70.0. The number of pyridine rings is 11. The molecule has 6 N–H and O–H groups in total. The third kappa shape index (κ3) is 57.2. The number of benzene rings is 1. The summed E-state index contributed by atoms with van der Waals surface area (Å²) < 4.78 is 23.6. The number of carbonyl (C=O) groups excluding carboxylic acids is 5. The minimum atomic E-state index is -0.943. The molecule has 1 amide bonds. The number of thioether (sulfide) groups is 1. The Morgan fingerprint density at radius 2 is 0.911 bits per heavy atom. The maximum Gasteiger partial charge on any atom is 0.340 e. The highest BCUT2D eigenvalue weighted by Crippen LogP contribution is 2.16. The number of nitrogens with zero attached hydrogens (tertiary/aromatic N) is 13. The van der Waals surface area contributed by atoms with Crippen LogP contribution in [0.1, 0.15) is 138 Å². The SMILES string of the molecule is CCCCCCOC(=O)c1cccnc1.CCCCOC(=O)c1cccnc1.COC(=O)CCc1cccnc1.N#CCc1cccnc1.NC(=O)c1ccncc1.O=C(O)/C=C/c1ccncc1.O=C(O)CSc1ccncc1.O=C(O)c1ccncc1.O=C(OCc1ccccc1)c1cccnc1.OOSCCc1ccncc1.[C-]#[N+]c1ccncc1. The average Bonchev–Trinajstić information content (AvgIpc) is 0.898. The minimum Gasteiger partial charge on any atom is -0.481 e. The summed E-state index contributed by atoms with van der Waals surface area (Å²) in [5.41, 5.74) is 12.9. The van der Waals surface area contributed by atoms with Crippen LogP contribution in [0.5, 0.6) is 0 Å². The first-order chi connectivity index (χ1) is 60.4. The summed E-state index contributed by atoms with van der Waals surface area (Å²) in [6.07, 6.45) is 46.9. The van der Waals surface area contributed by atoms with Crippen molar-refractivity contribution in [3.05, 3.63) is 373 Å². The molecular weight excluding hydrogens is 1630 g/mol. The standard InChI is InChI=1S/C13H11NO2.C12H17NO2.C10H13NO2.C9H11NO2.C8H7NO2.C7H6N2.C7H9NO2S.C7H7NO2S.C6H6N2O.C6H4N2.C6H5NO2/c15-13(12-7-4-8-14-9-12)16-10-11-5-2-1-3-6-11;1-2-3-4-5-9-15-12(14)11-7-6-8-13-10-11;1-2-3-7-13-10(12)9-5-4-6-11-8-9;1-12-9(11)5-4-8-3-2-6-10-7-8;10-8(11)2-1-7-3-5-9-6-4-7;8-4-3-7-2-1-5-9-6-7;9-10-11-6-3-7-1-4-8-5-2-7;9-7(10)5-11-6-1-3-8-4-2-6;7-6(9)5-1-3-8-4-2-5;1-7-6-2-4-8-5-3-6;8-6(9)5-1-3-7-4-2-5/h1-9H,10H2;6-8,10H,2-5,9H2,1H3;4-6,8H,2-3,7H2,1H3;2-3,6-7H,4-5H2,1H3;1-6H,(H,10,11);1-2,5-6H,3H2;1-2,4-5,9H,3,6H2;1-4H,5H2,(H,9,10);1-4H,(H2,7,9);2-5H;1-4H,(H,8,9)/b;;;;2-1+;;;;;;. The van der Waals surface area contributed by atoms with Gasteiger partial charge in [0, 0.05) is 177 Å². The number of carboxylic acids is 3. The van der Waals surface area contributed by atoms with Crippen molar-refractivity contribution >= 4 is 83.3 Å². The molecule has 0 radical (unpaired) electrons. The van der Waals surface area contributed by atoms with E-state index in [4.69, 9.17) is 52.4 Å². The van der Waals surface area contributed by atoms with Crippen LogP contribution in [-0.4, -0.2) is 155 Å². The molecule has 31 nitrogen and oxygen atoms in total. The molecule has 12 rings (SSSR count). The van der Waals surface area contributed by atoms with Gasteiger partial charge >= 0.3 is 41.8 Å². The lowest BCUT2D eigenvalue weighted by atomic mass is 10.2. The molecule has 0 saturated carbocycles. The van der Waals surface area contributed by atoms with E-state index in [2.05, 4.69) is 82.6 Å². The van der Waals surface area contributed by atoms with E-state index in [0.717, 1.165) is 83.1 Å². The molecule has 0 fully saturated rings. The van der Waals surface area contributed by atoms with Crippen LogP contribution in [0.3, 0.4) is 0 Å². The van der Waals surface area contributed by atoms with Gasteiger partial charge < -0.3 is 40.0 Å². The van der Waals surface area contributed by atoms with E-state index < -0.39 is 23.8 Å². The molecule has 11 aromatic heterocycles. The molecule has 0 bridgehead atoms. The highest BCUT2D eigenvalue weighted by Gasteiger charge is 2.09. The monoisotopic (exact) mass is 1720 g/mol. The van der Waals surface area contributed by atoms with Gasteiger partial charge in [0.1, 0.15) is 6.61 Å². The first-order valence-corrected chi connectivity index (χ1v) is 39.7. The van der Waals surface area contributed by atoms with Gasteiger partial charge in [-0.3, -0.25) is 69.2 Å². The fourth-order valence-corrected chi connectivity index (χ4v) is 9.31. The van der Waals surface area contributed by atoms with Gasteiger partial charge in [0.05, 0.1) is 67.4 Å². The van der Waals surface area contributed by atoms with Gasteiger partial charge in [-0.2, -0.15) is 9.60 Å². The van der Waals surface area contributed by atoms with E-state index in [9.17, 15) is 38.4 Å². The Morgan fingerprint density at radius 1 is 0.468 bits per heavy atom. The van der Waals surface area contributed by atoms with Gasteiger partial charge in [-0.25, -0.2) is 34.1 Å². The molecule has 0 aliphatic heterocycles. The summed E-state index contributed by atoms with van der Waals surface area (Å²) >= 11 is 2.33. The average molecular weight is 1720 g/mol. The number of amides is 1. The molecular formula is C91H96N14O17S2. The van der Waals surface area contributed by atoms with Crippen molar-refractivity contribution in [3.8, 4) is 6.07 Å². The number of ether oxygens (including phenoxy) is 4. The van der Waals surface area contributed by atoms with E-state index in [1.54, 1.807) is 178 Å². The van der Waals surface area contributed by atoms with E-state index in [1.807, 2.05) is 72.8 Å². The number of hydrogen-bond acceptors (Lipinski definition) is 28. The third-order valence-electron chi connectivity index (χ3n) is 14.5. The van der Waals surface area contributed by atoms with Gasteiger partial charge in [-0.05, 0) is 181 Å². The zero-order valence-electron chi connectivity index (χ0n) is 68.4. The Labute approximate surface area is 728 Å². The molecule has 0 spiro atoms. The number of esters is 4. The van der Waals surface area contributed by atoms with Crippen molar-refractivity contribution in [1.82, 2.24) is 54.8 Å². The van der Waals surface area contributed by atoms with Gasteiger partial charge in [-0.15, -0.1) is 11.8 Å². The van der Waals surface area contributed by atoms with Gasteiger partial charge in [0.25, 0.3) is 0 Å². The van der Waals surface area contributed by atoms with Gasteiger partial charge in [0.2, 0.25) is 5.91 Å². The number of nitriles is 1. The lowest BCUT2D eigenvalue weighted by Gasteiger charge is -2.03. The second kappa shape index (κ2) is 72.0.